The Bertz CT molecular complexity index is 294. The third-order valence-electron chi connectivity index (χ3n) is 2.04. The van der Waals surface area contributed by atoms with Crippen LogP contribution in [0.3, 0.4) is 0 Å². The van der Waals surface area contributed by atoms with Crippen LogP contribution in [0.1, 0.15) is 40.5 Å². The van der Waals surface area contributed by atoms with Crippen LogP contribution < -0.4 is 11.2 Å². The molecule has 92 valence electrons. The maximum Gasteiger partial charge on any atom is 0.340 e. The molecule has 0 bridgehead atoms. The molecular weight excluding hydrogens is 206 g/mol. The van der Waals surface area contributed by atoms with Gasteiger partial charge in [-0.3, -0.25) is 5.01 Å². The molecule has 0 aliphatic carbocycles. The van der Waals surface area contributed by atoms with Crippen LogP contribution in [-0.2, 0) is 0 Å². The summed E-state index contributed by atoms with van der Waals surface area (Å²) in [7, 11) is 0. The molecule has 1 rings (SSSR count). The van der Waals surface area contributed by atoms with Crippen LogP contribution in [0.5, 0.6) is 0 Å². The molecule has 0 fully saturated rings. The van der Waals surface area contributed by atoms with Crippen LogP contribution in [0.4, 0.5) is 4.79 Å². The summed E-state index contributed by atoms with van der Waals surface area (Å²) in [6.45, 7) is 8.15. The zero-order valence-electron chi connectivity index (χ0n) is 10.4. The van der Waals surface area contributed by atoms with E-state index >= 15 is 0 Å². The van der Waals surface area contributed by atoms with Gasteiger partial charge in [-0.1, -0.05) is 6.92 Å². The second-order valence-corrected chi connectivity index (χ2v) is 4.96. The number of hydrogen-bond acceptors (Lipinski definition) is 4. The Hall–Kier alpha value is -1.30. The van der Waals surface area contributed by atoms with Gasteiger partial charge in [-0.05, 0) is 27.2 Å². The molecule has 16 heavy (non-hydrogen) atoms. The van der Waals surface area contributed by atoms with Gasteiger partial charge in [0.1, 0.15) is 12.5 Å². The highest BCUT2D eigenvalue weighted by Gasteiger charge is 2.26. The summed E-state index contributed by atoms with van der Waals surface area (Å²) in [4.78, 5) is 11.8. The van der Waals surface area contributed by atoms with Crippen LogP contribution in [-0.4, -0.2) is 34.1 Å². The van der Waals surface area contributed by atoms with Crippen LogP contribution in [0, 0.1) is 0 Å². The van der Waals surface area contributed by atoms with Gasteiger partial charge in [0.25, 0.3) is 0 Å². The SMILES string of the molecule is CCCC1=NN(C(=O)NC(C)(C)C)CN1N. The second-order valence-electron chi connectivity index (χ2n) is 4.96. The van der Waals surface area contributed by atoms with Gasteiger partial charge in [-0.2, -0.15) is 10.1 Å². The molecule has 0 atom stereocenters. The van der Waals surface area contributed by atoms with Gasteiger partial charge in [0.05, 0.1) is 0 Å². The minimum absolute atomic E-state index is 0.214. The van der Waals surface area contributed by atoms with Crippen molar-refractivity contribution in [1.82, 2.24) is 15.3 Å². The number of nitrogens with two attached hydrogens (primary N) is 1. The predicted molar refractivity (Wildman–Crippen MR) is 63.4 cm³/mol. The van der Waals surface area contributed by atoms with Gasteiger partial charge in [0, 0.05) is 12.0 Å². The van der Waals surface area contributed by atoms with Gasteiger partial charge in [-0.25, -0.2) is 10.6 Å². The molecule has 0 unspecified atom stereocenters. The molecule has 2 amide bonds. The quantitative estimate of drug-likeness (QED) is 0.693. The van der Waals surface area contributed by atoms with Gasteiger partial charge in [0.2, 0.25) is 0 Å². The molecule has 0 radical (unpaired) electrons. The van der Waals surface area contributed by atoms with E-state index in [9.17, 15) is 4.79 Å². The summed E-state index contributed by atoms with van der Waals surface area (Å²) >= 11 is 0. The number of carbonyl (C=O) groups is 1. The maximum absolute atomic E-state index is 11.8. The van der Waals surface area contributed by atoms with Gasteiger partial charge < -0.3 is 5.32 Å². The molecule has 1 aliphatic rings. The summed E-state index contributed by atoms with van der Waals surface area (Å²) < 4.78 is 0. The highest BCUT2D eigenvalue weighted by molar-refractivity contribution is 5.86. The van der Waals surface area contributed by atoms with Gasteiger partial charge in [-0.15, -0.1) is 0 Å². The van der Waals surface area contributed by atoms with Crippen molar-refractivity contribution >= 4 is 11.9 Å². The van der Waals surface area contributed by atoms with Crippen LogP contribution in [0.15, 0.2) is 5.10 Å². The van der Waals surface area contributed by atoms with E-state index in [1.165, 1.54) is 10.0 Å². The lowest BCUT2D eigenvalue weighted by atomic mass is 10.1. The van der Waals surface area contributed by atoms with Crippen LogP contribution in [0.2, 0.25) is 0 Å². The molecule has 6 heteroatoms. The maximum atomic E-state index is 11.8. The summed E-state index contributed by atoms with van der Waals surface area (Å²) in [5.74, 6) is 6.49. The van der Waals surface area contributed by atoms with Crippen molar-refractivity contribution in [2.45, 2.75) is 46.1 Å². The molecule has 0 aromatic carbocycles. The van der Waals surface area contributed by atoms with Crippen molar-refractivity contribution in [1.29, 1.82) is 0 Å². The molecule has 1 heterocycles. The number of nitrogens with one attached hydrogen (secondary N) is 1. The number of hydrogen-bond donors (Lipinski definition) is 2. The smallest absolute Gasteiger partial charge is 0.332 e. The highest BCUT2D eigenvalue weighted by atomic mass is 16.2. The summed E-state index contributed by atoms with van der Waals surface area (Å²) in [6, 6.07) is -0.214. The Labute approximate surface area is 96.4 Å². The van der Waals surface area contributed by atoms with E-state index in [0.29, 0.717) is 6.67 Å². The van der Waals surface area contributed by atoms with Crippen molar-refractivity contribution in [3.05, 3.63) is 0 Å². The monoisotopic (exact) mass is 227 g/mol. The average Bonchev–Trinajstić information content (AvgIpc) is 2.46. The van der Waals surface area contributed by atoms with E-state index in [1.54, 1.807) is 0 Å². The summed E-state index contributed by atoms with van der Waals surface area (Å²) in [6.07, 6.45) is 1.75. The Kier molecular flexibility index (Phi) is 3.74. The first kappa shape index (κ1) is 12.8. The minimum Gasteiger partial charge on any atom is -0.332 e. The lowest BCUT2D eigenvalue weighted by molar-refractivity contribution is 0.181. The highest BCUT2D eigenvalue weighted by Crippen LogP contribution is 2.10. The Morgan fingerprint density at radius 2 is 2.19 bits per heavy atom. The van der Waals surface area contributed by atoms with Gasteiger partial charge >= 0.3 is 6.03 Å². The van der Waals surface area contributed by atoms with E-state index in [4.69, 9.17) is 5.84 Å². The first-order chi connectivity index (χ1) is 7.33. The summed E-state index contributed by atoms with van der Waals surface area (Å²) in [5.41, 5.74) is -0.264. The standard InChI is InChI=1S/C10H21N5O/c1-5-6-8-13-15(7-14(8)11)9(16)12-10(2,3)4/h5-7,11H2,1-4H3,(H,12,16). The molecule has 3 N–H and O–H groups in total. The Morgan fingerprint density at radius 3 is 2.69 bits per heavy atom. The molecule has 0 aromatic rings. The Balaban J connectivity index is 2.60. The number of amides is 2. The number of hydrazone groups is 1. The first-order valence-corrected chi connectivity index (χ1v) is 5.53. The molecule has 0 aromatic heterocycles. The van der Waals surface area contributed by atoms with E-state index in [2.05, 4.69) is 10.4 Å². The predicted octanol–water partition coefficient (Wildman–Crippen LogP) is 1.06. The van der Waals surface area contributed by atoms with E-state index in [-0.39, 0.29) is 11.6 Å². The number of hydrazine groups is 1. The topological polar surface area (TPSA) is 74.0 Å². The normalized spacial score (nSPS) is 16.4. The molecule has 6 nitrogen and oxygen atoms in total. The third kappa shape index (κ3) is 3.37. The zero-order chi connectivity index (χ0) is 12.3. The van der Waals surface area contributed by atoms with Crippen LogP contribution in [0.25, 0.3) is 0 Å². The number of urea groups is 1. The fourth-order valence-electron chi connectivity index (χ4n) is 1.37. The molecular formula is C10H21N5O. The lowest BCUT2D eigenvalue weighted by Gasteiger charge is -2.23. The minimum atomic E-state index is -0.264. The van der Waals surface area contributed by atoms with Crippen molar-refractivity contribution in [2.24, 2.45) is 10.9 Å². The second kappa shape index (κ2) is 4.69. The molecule has 0 saturated carbocycles. The molecule has 0 saturated heterocycles. The zero-order valence-corrected chi connectivity index (χ0v) is 10.4. The van der Waals surface area contributed by atoms with Crippen molar-refractivity contribution < 1.29 is 4.79 Å². The number of nitrogens with zero attached hydrogens (tertiary/aromatic N) is 3. The van der Waals surface area contributed by atoms with Crippen molar-refractivity contribution in [2.75, 3.05) is 6.67 Å². The number of rotatable bonds is 2. The molecule has 0 spiro atoms. The Morgan fingerprint density at radius 1 is 1.56 bits per heavy atom. The van der Waals surface area contributed by atoms with E-state index in [0.717, 1.165) is 18.7 Å². The van der Waals surface area contributed by atoms with Crippen molar-refractivity contribution in [3.63, 3.8) is 0 Å². The molecule has 1 aliphatic heterocycles. The fraction of sp³-hybridized carbons (Fsp3) is 0.800. The average molecular weight is 227 g/mol. The van der Waals surface area contributed by atoms with Gasteiger partial charge in [0.15, 0.2) is 0 Å². The number of amidine groups is 1. The van der Waals surface area contributed by atoms with E-state index in [1.807, 2.05) is 27.7 Å². The van der Waals surface area contributed by atoms with E-state index < -0.39 is 0 Å². The number of carbonyl (C=O) groups excluding carboxylic acids is 1. The summed E-state index contributed by atoms with van der Waals surface area (Å²) in [5, 5.41) is 9.89. The lowest BCUT2D eigenvalue weighted by Crippen LogP contribution is -2.48. The van der Waals surface area contributed by atoms with Crippen LogP contribution >= 0.6 is 0 Å². The largest absolute Gasteiger partial charge is 0.340 e. The third-order valence-corrected chi connectivity index (χ3v) is 2.04. The fourth-order valence-corrected chi connectivity index (χ4v) is 1.37. The van der Waals surface area contributed by atoms with Crippen molar-refractivity contribution in [3.8, 4) is 0 Å². The first-order valence-electron chi connectivity index (χ1n) is 5.53.